The van der Waals surface area contributed by atoms with E-state index >= 15 is 0 Å². The number of carbonyl (C=O) groups excluding carboxylic acids is 2. The van der Waals surface area contributed by atoms with E-state index in [2.05, 4.69) is 10.3 Å². The van der Waals surface area contributed by atoms with Crippen LogP contribution in [0.1, 0.15) is 10.4 Å². The summed E-state index contributed by atoms with van der Waals surface area (Å²) in [4.78, 5) is 40.5. The molecule has 0 unspecified atom stereocenters. The fourth-order valence-electron chi connectivity index (χ4n) is 3.61. The van der Waals surface area contributed by atoms with Gasteiger partial charge in [-0.25, -0.2) is 9.78 Å². The molecule has 11 heteroatoms. The van der Waals surface area contributed by atoms with E-state index in [0.29, 0.717) is 33.7 Å². The van der Waals surface area contributed by atoms with Crippen molar-refractivity contribution in [1.82, 2.24) is 4.98 Å². The smallest absolute Gasteiger partial charge is 0.339 e. The van der Waals surface area contributed by atoms with Gasteiger partial charge in [0.1, 0.15) is 0 Å². The fraction of sp³-hybridized carbons (Fsp3) is 0.115. The number of pyridine rings is 1. The highest BCUT2D eigenvalue weighted by Gasteiger charge is 2.18. The van der Waals surface area contributed by atoms with Crippen LogP contribution >= 0.6 is 11.6 Å². The summed E-state index contributed by atoms with van der Waals surface area (Å²) in [5.74, 6) is -0.424. The summed E-state index contributed by atoms with van der Waals surface area (Å²) >= 11 is 6.02. The van der Waals surface area contributed by atoms with Crippen LogP contribution in [0, 0.1) is 10.1 Å². The van der Waals surface area contributed by atoms with E-state index in [0.717, 1.165) is 6.07 Å². The van der Waals surface area contributed by atoms with Crippen molar-refractivity contribution in [2.24, 2.45) is 0 Å². The SMILES string of the molecule is COc1ccc(-c2cc(C(=O)OCC(=O)Nc3cc([N+](=O)[O-])ccc3Cl)c3ccccc3n2)cc1OC. The number of anilines is 1. The summed E-state index contributed by atoms with van der Waals surface area (Å²) in [5.41, 5.74) is 1.70. The van der Waals surface area contributed by atoms with E-state index in [-0.39, 0.29) is 22.0 Å². The Morgan fingerprint density at radius 3 is 2.49 bits per heavy atom. The quantitative estimate of drug-likeness (QED) is 0.188. The molecule has 4 aromatic rings. The molecule has 3 aromatic carbocycles. The number of nitro benzene ring substituents is 1. The number of hydrogen-bond donors (Lipinski definition) is 1. The second-order valence-electron chi connectivity index (χ2n) is 7.69. The Balaban J connectivity index is 1.58. The highest BCUT2D eigenvalue weighted by atomic mass is 35.5. The zero-order valence-corrected chi connectivity index (χ0v) is 20.4. The Kier molecular flexibility index (Phi) is 7.49. The van der Waals surface area contributed by atoms with Crippen LogP contribution in [-0.2, 0) is 9.53 Å². The van der Waals surface area contributed by atoms with Gasteiger partial charge in [0, 0.05) is 23.1 Å². The van der Waals surface area contributed by atoms with Gasteiger partial charge in [-0.05, 0) is 36.4 Å². The van der Waals surface area contributed by atoms with Gasteiger partial charge in [0.15, 0.2) is 18.1 Å². The largest absolute Gasteiger partial charge is 0.493 e. The number of nitrogens with one attached hydrogen (secondary N) is 1. The standard InChI is InChI=1S/C26H20ClN3O7/c1-35-23-10-7-15(11-24(23)36-2)21-13-18(17-5-3-4-6-20(17)28-21)26(32)37-14-25(31)29-22-12-16(30(33)34)8-9-19(22)27/h3-13H,14H2,1-2H3,(H,29,31). The first-order valence-corrected chi connectivity index (χ1v) is 11.2. The third-order valence-corrected chi connectivity index (χ3v) is 5.71. The lowest BCUT2D eigenvalue weighted by molar-refractivity contribution is -0.384. The number of esters is 1. The van der Waals surface area contributed by atoms with E-state index < -0.39 is 23.4 Å². The number of rotatable bonds is 8. The van der Waals surface area contributed by atoms with Crippen molar-refractivity contribution in [2.75, 3.05) is 26.1 Å². The molecule has 188 valence electrons. The summed E-state index contributed by atoms with van der Waals surface area (Å²) in [6.07, 6.45) is 0. The van der Waals surface area contributed by atoms with E-state index in [4.69, 9.17) is 25.8 Å². The van der Waals surface area contributed by atoms with E-state index in [1.165, 1.54) is 26.4 Å². The van der Waals surface area contributed by atoms with Crippen LogP contribution < -0.4 is 14.8 Å². The molecular weight excluding hydrogens is 502 g/mol. The minimum absolute atomic E-state index is 0.0296. The average Bonchev–Trinajstić information content (AvgIpc) is 2.91. The number of nitro groups is 1. The van der Waals surface area contributed by atoms with Crippen molar-refractivity contribution in [3.8, 4) is 22.8 Å². The molecule has 0 saturated carbocycles. The normalized spacial score (nSPS) is 10.6. The van der Waals surface area contributed by atoms with E-state index in [1.807, 2.05) is 0 Å². The molecule has 0 radical (unpaired) electrons. The summed E-state index contributed by atoms with van der Waals surface area (Å²) in [5, 5.41) is 14.1. The van der Waals surface area contributed by atoms with Crippen molar-refractivity contribution in [3.63, 3.8) is 0 Å². The molecular formula is C26H20ClN3O7. The number of fused-ring (bicyclic) bond motifs is 1. The van der Waals surface area contributed by atoms with Crippen molar-refractivity contribution in [1.29, 1.82) is 0 Å². The number of hydrogen-bond acceptors (Lipinski definition) is 8. The molecule has 0 spiro atoms. The third kappa shape index (κ3) is 5.60. The molecule has 0 atom stereocenters. The lowest BCUT2D eigenvalue weighted by Crippen LogP contribution is -2.21. The molecule has 37 heavy (non-hydrogen) atoms. The van der Waals surface area contributed by atoms with Crippen molar-refractivity contribution in [2.45, 2.75) is 0 Å². The Morgan fingerprint density at radius 1 is 1.00 bits per heavy atom. The Hall–Kier alpha value is -4.70. The molecule has 10 nitrogen and oxygen atoms in total. The predicted molar refractivity (Wildman–Crippen MR) is 137 cm³/mol. The number of benzene rings is 3. The predicted octanol–water partition coefficient (Wildman–Crippen LogP) is 5.28. The fourth-order valence-corrected chi connectivity index (χ4v) is 3.77. The van der Waals surface area contributed by atoms with Crippen LogP contribution in [0.4, 0.5) is 11.4 Å². The number of non-ortho nitro benzene ring substituents is 1. The summed E-state index contributed by atoms with van der Waals surface area (Å²) < 4.78 is 15.9. The number of nitrogens with zero attached hydrogens (tertiary/aromatic N) is 2. The van der Waals surface area contributed by atoms with Crippen LogP contribution in [-0.4, -0.2) is 42.6 Å². The van der Waals surface area contributed by atoms with Gasteiger partial charge in [0.2, 0.25) is 0 Å². The minimum Gasteiger partial charge on any atom is -0.493 e. The van der Waals surface area contributed by atoms with Crippen LogP contribution in [0.3, 0.4) is 0 Å². The van der Waals surface area contributed by atoms with Crippen LogP contribution in [0.5, 0.6) is 11.5 Å². The number of aromatic nitrogens is 1. The molecule has 1 heterocycles. The average molecular weight is 522 g/mol. The molecule has 0 fully saturated rings. The van der Waals surface area contributed by atoms with Gasteiger partial charge < -0.3 is 19.5 Å². The molecule has 0 aliphatic carbocycles. The number of carbonyl (C=O) groups is 2. The van der Waals surface area contributed by atoms with Crippen LogP contribution in [0.2, 0.25) is 5.02 Å². The molecule has 4 rings (SSSR count). The van der Waals surface area contributed by atoms with Gasteiger partial charge in [0.05, 0.1) is 46.6 Å². The third-order valence-electron chi connectivity index (χ3n) is 5.38. The van der Waals surface area contributed by atoms with Crippen molar-refractivity contribution >= 4 is 45.8 Å². The molecule has 0 saturated heterocycles. The summed E-state index contributed by atoms with van der Waals surface area (Å²) in [7, 11) is 3.05. The van der Waals surface area contributed by atoms with Gasteiger partial charge >= 0.3 is 5.97 Å². The van der Waals surface area contributed by atoms with Crippen LogP contribution in [0.25, 0.3) is 22.2 Å². The topological polar surface area (TPSA) is 130 Å². The maximum absolute atomic E-state index is 13.0. The maximum Gasteiger partial charge on any atom is 0.339 e. The molecule has 0 bridgehead atoms. The lowest BCUT2D eigenvalue weighted by atomic mass is 10.0. The number of amides is 1. The van der Waals surface area contributed by atoms with Crippen molar-refractivity contribution < 1.29 is 28.7 Å². The highest BCUT2D eigenvalue weighted by molar-refractivity contribution is 6.33. The number of para-hydroxylation sites is 1. The first-order chi connectivity index (χ1) is 17.8. The molecule has 0 aliphatic rings. The second-order valence-corrected chi connectivity index (χ2v) is 8.09. The van der Waals surface area contributed by atoms with Crippen LogP contribution in [0.15, 0.2) is 66.7 Å². The number of ether oxygens (including phenoxy) is 3. The Morgan fingerprint density at radius 2 is 1.76 bits per heavy atom. The maximum atomic E-state index is 13.0. The summed E-state index contributed by atoms with van der Waals surface area (Å²) in [6.45, 7) is -0.639. The molecule has 1 amide bonds. The van der Waals surface area contributed by atoms with E-state index in [9.17, 15) is 19.7 Å². The first kappa shape index (κ1) is 25.4. The Labute approximate surface area is 215 Å². The van der Waals surface area contributed by atoms with Gasteiger partial charge in [0.25, 0.3) is 11.6 Å². The number of halogens is 1. The van der Waals surface area contributed by atoms with Gasteiger partial charge in [-0.3, -0.25) is 14.9 Å². The lowest BCUT2D eigenvalue weighted by Gasteiger charge is -2.12. The van der Waals surface area contributed by atoms with Gasteiger partial charge in [-0.2, -0.15) is 0 Å². The van der Waals surface area contributed by atoms with E-state index in [1.54, 1.807) is 48.5 Å². The second kappa shape index (κ2) is 10.9. The molecule has 1 N–H and O–H groups in total. The Bertz CT molecular complexity index is 1520. The van der Waals surface area contributed by atoms with Gasteiger partial charge in [-0.15, -0.1) is 0 Å². The number of methoxy groups -OCH3 is 2. The molecule has 1 aromatic heterocycles. The first-order valence-electron chi connectivity index (χ1n) is 10.8. The molecule has 0 aliphatic heterocycles. The zero-order chi connectivity index (χ0) is 26.5. The monoisotopic (exact) mass is 521 g/mol. The van der Waals surface area contributed by atoms with Gasteiger partial charge in [-0.1, -0.05) is 29.8 Å². The summed E-state index contributed by atoms with van der Waals surface area (Å²) in [6, 6.07) is 17.5. The van der Waals surface area contributed by atoms with Crippen molar-refractivity contribution in [3.05, 3.63) is 87.4 Å². The highest BCUT2D eigenvalue weighted by Crippen LogP contribution is 2.33. The zero-order valence-electron chi connectivity index (χ0n) is 19.7. The minimum atomic E-state index is -0.749.